The Hall–Kier alpha value is -0.980. The Morgan fingerprint density at radius 3 is 2.53 bits per heavy atom. The summed E-state index contributed by atoms with van der Waals surface area (Å²) in [5.41, 5.74) is -1.08. The molecule has 2 N–H and O–H groups in total. The monoisotopic (exact) mass is 299 g/mol. The Kier molecular flexibility index (Phi) is 4.24. The van der Waals surface area contributed by atoms with Crippen LogP contribution in [0.15, 0.2) is 15.8 Å². The number of aromatic amines is 1. The number of rotatable bonds is 3. The molecule has 6 nitrogen and oxygen atoms in total. The molecule has 0 aromatic carbocycles. The molecule has 1 aromatic rings. The Morgan fingerprint density at radius 1 is 1.47 bits per heavy atom. The molecule has 0 saturated carbocycles. The third-order valence-electron chi connectivity index (χ3n) is 1.96. The first-order chi connectivity index (χ1) is 7.77. The molecular weight excluding hydrogens is 292 g/mol. The highest BCUT2D eigenvalue weighted by Gasteiger charge is 2.34. The average molecular weight is 301 g/mol. The third kappa shape index (κ3) is 3.24. The van der Waals surface area contributed by atoms with Gasteiger partial charge in [-0.3, -0.25) is 19.1 Å². The maximum absolute atomic E-state index is 11.5. The second kappa shape index (κ2) is 5.12. The number of aromatic nitrogens is 2. The molecule has 94 valence electrons. The first kappa shape index (κ1) is 14.1. The first-order valence-electron chi connectivity index (χ1n) is 4.36. The van der Waals surface area contributed by atoms with Crippen molar-refractivity contribution in [2.24, 2.45) is 0 Å². The van der Waals surface area contributed by atoms with E-state index in [1.165, 1.54) is 13.1 Å². The minimum Gasteiger partial charge on any atom is -0.334 e. The van der Waals surface area contributed by atoms with Crippen LogP contribution in [0.5, 0.6) is 0 Å². The third-order valence-corrected chi connectivity index (χ3v) is 2.58. The van der Waals surface area contributed by atoms with Crippen molar-refractivity contribution in [1.29, 1.82) is 0 Å². The van der Waals surface area contributed by atoms with Crippen molar-refractivity contribution in [3.8, 4) is 0 Å². The van der Waals surface area contributed by atoms with Crippen molar-refractivity contribution in [3.05, 3.63) is 32.6 Å². The van der Waals surface area contributed by atoms with Gasteiger partial charge in [0, 0.05) is 11.8 Å². The molecule has 0 aliphatic carbocycles. The van der Waals surface area contributed by atoms with Gasteiger partial charge in [-0.15, -0.1) is 0 Å². The van der Waals surface area contributed by atoms with Crippen LogP contribution < -0.4 is 16.6 Å². The summed E-state index contributed by atoms with van der Waals surface area (Å²) in [6.07, 6.45) is 0.275. The maximum atomic E-state index is 11.5. The normalized spacial score (nSPS) is 13.2. The number of halogens is 3. The van der Waals surface area contributed by atoms with Gasteiger partial charge in [0.05, 0.1) is 0 Å². The number of carbonyl (C=O) groups is 1. The van der Waals surface area contributed by atoms with Gasteiger partial charge in [0.2, 0.25) is 10.2 Å². The minimum absolute atomic E-state index is 0.247. The second-order valence-electron chi connectivity index (χ2n) is 3.21. The van der Waals surface area contributed by atoms with Crippen LogP contribution in [0.1, 0.15) is 11.7 Å². The van der Waals surface area contributed by atoms with Gasteiger partial charge in [-0.2, -0.15) is 0 Å². The van der Waals surface area contributed by atoms with E-state index in [-0.39, 0.29) is 5.56 Å². The Labute approximate surface area is 110 Å². The molecular formula is C8H8Cl3N3O3. The van der Waals surface area contributed by atoms with E-state index in [1.54, 1.807) is 0 Å². The van der Waals surface area contributed by atoms with Gasteiger partial charge in [0.1, 0.15) is 0 Å². The molecule has 0 spiro atoms. The largest absolute Gasteiger partial charge is 0.334 e. The van der Waals surface area contributed by atoms with E-state index in [9.17, 15) is 14.4 Å². The molecule has 1 atom stereocenters. The fourth-order valence-corrected chi connectivity index (χ4v) is 1.68. The quantitative estimate of drug-likeness (QED) is 0.628. The summed E-state index contributed by atoms with van der Waals surface area (Å²) in [6.45, 7) is 1.48. The lowest BCUT2D eigenvalue weighted by molar-refractivity contribution is -0.110. The van der Waals surface area contributed by atoms with Crippen molar-refractivity contribution in [2.75, 3.05) is 0 Å². The van der Waals surface area contributed by atoms with Gasteiger partial charge in [0.15, 0.2) is 6.17 Å². The van der Waals surface area contributed by atoms with Gasteiger partial charge < -0.3 is 5.32 Å². The number of hydrogen-bond acceptors (Lipinski definition) is 3. The highest BCUT2D eigenvalue weighted by Crippen LogP contribution is 2.35. The lowest BCUT2D eigenvalue weighted by Crippen LogP contribution is -2.44. The molecule has 0 aliphatic rings. The number of aryl methyl sites for hydroxylation is 1. The molecule has 0 bridgehead atoms. The summed E-state index contributed by atoms with van der Waals surface area (Å²) in [4.78, 5) is 35.2. The molecule has 0 saturated heterocycles. The summed E-state index contributed by atoms with van der Waals surface area (Å²) in [6, 6.07) is 0. The fourth-order valence-electron chi connectivity index (χ4n) is 1.17. The van der Waals surface area contributed by atoms with Gasteiger partial charge >= 0.3 is 5.69 Å². The van der Waals surface area contributed by atoms with Crippen LogP contribution in [0.4, 0.5) is 0 Å². The Balaban J connectivity index is 3.38. The van der Waals surface area contributed by atoms with Crippen molar-refractivity contribution < 1.29 is 4.79 Å². The molecule has 9 heteroatoms. The van der Waals surface area contributed by atoms with Crippen LogP contribution in [0.3, 0.4) is 0 Å². The second-order valence-corrected chi connectivity index (χ2v) is 5.58. The predicted octanol–water partition coefficient (Wildman–Crippen LogP) is 0.460. The highest BCUT2D eigenvalue weighted by atomic mass is 35.6. The topological polar surface area (TPSA) is 84.0 Å². The molecule has 0 fully saturated rings. The summed E-state index contributed by atoms with van der Waals surface area (Å²) >= 11 is 16.9. The summed E-state index contributed by atoms with van der Waals surface area (Å²) in [5.74, 6) is 0. The Morgan fingerprint density at radius 2 is 2.06 bits per heavy atom. The summed E-state index contributed by atoms with van der Waals surface area (Å²) in [5, 5.41) is 2.19. The number of alkyl halides is 3. The van der Waals surface area contributed by atoms with Crippen molar-refractivity contribution in [3.63, 3.8) is 0 Å². The molecule has 1 aromatic heterocycles. The highest BCUT2D eigenvalue weighted by molar-refractivity contribution is 6.67. The zero-order valence-electron chi connectivity index (χ0n) is 8.54. The molecule has 1 rings (SSSR count). The van der Waals surface area contributed by atoms with Crippen LogP contribution in [0.2, 0.25) is 0 Å². The number of nitrogens with zero attached hydrogens (tertiary/aromatic N) is 1. The SMILES string of the molecule is Cc1cn([C@@H](NC=O)C(Cl)(Cl)Cl)c(=O)[nH]c1=O. The molecule has 1 heterocycles. The van der Waals surface area contributed by atoms with E-state index in [2.05, 4.69) is 5.32 Å². The predicted molar refractivity (Wildman–Crippen MR) is 64.6 cm³/mol. The van der Waals surface area contributed by atoms with E-state index < -0.39 is 21.2 Å². The number of nitrogens with one attached hydrogen (secondary N) is 2. The van der Waals surface area contributed by atoms with Gasteiger partial charge in [-0.05, 0) is 6.92 Å². The lowest BCUT2D eigenvalue weighted by atomic mass is 10.4. The van der Waals surface area contributed by atoms with Crippen LogP contribution in [-0.4, -0.2) is 19.8 Å². The standard InChI is InChI=1S/C8H8Cl3N3O3/c1-4-2-14(7(17)13-5(4)16)6(12-3-15)8(9,10)11/h2-3,6H,1H3,(H,12,15)(H,13,16,17)/t6-/m1/s1. The summed E-state index contributed by atoms with van der Waals surface area (Å²) in [7, 11) is 0. The van der Waals surface area contributed by atoms with Gasteiger partial charge in [-0.1, -0.05) is 34.8 Å². The summed E-state index contributed by atoms with van der Waals surface area (Å²) < 4.78 is -1.01. The van der Waals surface area contributed by atoms with E-state index in [4.69, 9.17) is 34.8 Å². The smallest absolute Gasteiger partial charge is 0.330 e. The molecule has 0 unspecified atom stereocenters. The zero-order valence-corrected chi connectivity index (χ0v) is 10.8. The van der Waals surface area contributed by atoms with E-state index in [1.807, 2.05) is 4.98 Å². The molecule has 0 radical (unpaired) electrons. The first-order valence-corrected chi connectivity index (χ1v) is 5.49. The van der Waals surface area contributed by atoms with E-state index >= 15 is 0 Å². The van der Waals surface area contributed by atoms with E-state index in [0.717, 1.165) is 4.57 Å². The maximum Gasteiger partial charge on any atom is 0.330 e. The van der Waals surface area contributed by atoms with E-state index in [0.29, 0.717) is 6.41 Å². The zero-order chi connectivity index (χ0) is 13.2. The van der Waals surface area contributed by atoms with Crippen LogP contribution in [0.25, 0.3) is 0 Å². The lowest BCUT2D eigenvalue weighted by Gasteiger charge is -2.25. The van der Waals surface area contributed by atoms with Gasteiger partial charge in [-0.25, -0.2) is 4.79 Å². The van der Waals surface area contributed by atoms with Gasteiger partial charge in [0.25, 0.3) is 5.56 Å². The fraction of sp³-hybridized carbons (Fsp3) is 0.375. The number of carbonyl (C=O) groups excluding carboxylic acids is 1. The molecule has 0 aliphatic heterocycles. The van der Waals surface area contributed by atoms with Crippen molar-refractivity contribution >= 4 is 41.2 Å². The van der Waals surface area contributed by atoms with Crippen molar-refractivity contribution in [1.82, 2.24) is 14.9 Å². The van der Waals surface area contributed by atoms with Crippen LogP contribution in [0, 0.1) is 6.92 Å². The molecule has 17 heavy (non-hydrogen) atoms. The minimum atomic E-state index is -1.94. The molecule has 1 amide bonds. The number of H-pyrrole nitrogens is 1. The number of amides is 1. The Bertz CT molecular complexity index is 531. The van der Waals surface area contributed by atoms with Crippen LogP contribution in [-0.2, 0) is 4.79 Å². The average Bonchev–Trinajstić information content (AvgIpc) is 2.19. The number of hydrogen-bond donors (Lipinski definition) is 2. The van der Waals surface area contributed by atoms with Crippen LogP contribution >= 0.6 is 34.8 Å². The van der Waals surface area contributed by atoms with Crippen molar-refractivity contribution in [2.45, 2.75) is 16.9 Å².